The van der Waals surface area contributed by atoms with E-state index in [2.05, 4.69) is 4.98 Å². The van der Waals surface area contributed by atoms with Crippen LogP contribution in [0.15, 0.2) is 42.5 Å². The average Bonchev–Trinajstić information content (AvgIpc) is 3.24. The van der Waals surface area contributed by atoms with Gasteiger partial charge in [0.25, 0.3) is 0 Å². The largest absolute Gasteiger partial charge is 0.494 e. The molecular formula is C27H32Cl2N2O4. The number of carbonyl (C=O) groups excluding carboxylic acids is 1. The molecule has 0 spiro atoms. The molecule has 1 atom stereocenters. The van der Waals surface area contributed by atoms with Crippen LogP contribution in [0.3, 0.4) is 0 Å². The van der Waals surface area contributed by atoms with Gasteiger partial charge in [-0.2, -0.15) is 0 Å². The molecule has 0 saturated carbocycles. The molecule has 2 aromatic carbocycles. The summed E-state index contributed by atoms with van der Waals surface area (Å²) in [6.07, 6.45) is 4.65. The van der Waals surface area contributed by atoms with Crippen molar-refractivity contribution < 1.29 is 19.0 Å². The Labute approximate surface area is 216 Å². The number of halogens is 2. The monoisotopic (exact) mass is 518 g/mol. The minimum absolute atomic E-state index is 0.214. The van der Waals surface area contributed by atoms with E-state index in [1.165, 1.54) is 5.56 Å². The number of alkyl halides is 1. The molecule has 6 nitrogen and oxygen atoms in total. The normalized spacial score (nSPS) is 15.3. The number of rotatable bonds is 11. The summed E-state index contributed by atoms with van der Waals surface area (Å²) >= 11 is 12.0. The number of nitrogens with zero attached hydrogens (tertiary/aromatic N) is 1. The van der Waals surface area contributed by atoms with Crippen molar-refractivity contribution in [2.24, 2.45) is 0 Å². The summed E-state index contributed by atoms with van der Waals surface area (Å²) in [4.78, 5) is 18.4. The summed E-state index contributed by atoms with van der Waals surface area (Å²) < 4.78 is 16.5. The minimum Gasteiger partial charge on any atom is -0.494 e. The molecule has 0 aliphatic carbocycles. The summed E-state index contributed by atoms with van der Waals surface area (Å²) in [5, 5.41) is 1.79. The molecule has 0 saturated heterocycles. The van der Waals surface area contributed by atoms with Gasteiger partial charge < -0.3 is 19.2 Å². The standard InChI is InChI=1S/C27H32Cl2N2O4/c1-33-16-17-35-27(32)31-14-12-22-23-18-20(29)8-11-24(23)30-25(22)26(31)19-6-9-21(10-7-19)34-15-5-3-2-4-13-28/h6-11,18,26,30H,2-5,12-17H2,1H3. The lowest BCUT2D eigenvalue weighted by atomic mass is 9.92. The first-order valence-corrected chi connectivity index (χ1v) is 13.0. The fourth-order valence-electron chi connectivity index (χ4n) is 4.59. The molecule has 1 N–H and O–H groups in total. The number of aromatic nitrogens is 1. The molecule has 188 valence electrons. The molecule has 2 heterocycles. The van der Waals surface area contributed by atoms with E-state index >= 15 is 0 Å². The lowest BCUT2D eigenvalue weighted by Crippen LogP contribution is -2.41. The average molecular weight is 519 g/mol. The molecule has 1 aromatic heterocycles. The number of fused-ring (bicyclic) bond motifs is 3. The van der Waals surface area contributed by atoms with Crippen LogP contribution >= 0.6 is 23.2 Å². The summed E-state index contributed by atoms with van der Waals surface area (Å²) in [6.45, 7) is 1.79. The Morgan fingerprint density at radius 2 is 1.86 bits per heavy atom. The van der Waals surface area contributed by atoms with Gasteiger partial charge in [0.15, 0.2) is 0 Å². The predicted octanol–water partition coefficient (Wildman–Crippen LogP) is 6.73. The minimum atomic E-state index is -0.355. The third-order valence-corrected chi connectivity index (χ3v) is 6.83. The van der Waals surface area contributed by atoms with Crippen molar-refractivity contribution in [3.05, 3.63) is 64.3 Å². The van der Waals surface area contributed by atoms with E-state index in [-0.39, 0.29) is 18.7 Å². The highest BCUT2D eigenvalue weighted by atomic mass is 35.5. The molecule has 1 unspecified atom stereocenters. The quantitative estimate of drug-likeness (QED) is 0.225. The molecule has 0 bridgehead atoms. The smallest absolute Gasteiger partial charge is 0.410 e. The molecule has 0 fully saturated rings. The maximum absolute atomic E-state index is 13.0. The Morgan fingerprint density at radius 1 is 1.06 bits per heavy atom. The van der Waals surface area contributed by atoms with Gasteiger partial charge >= 0.3 is 6.09 Å². The number of unbranched alkanes of at least 4 members (excludes halogenated alkanes) is 3. The molecule has 1 aliphatic rings. The number of methoxy groups -OCH3 is 1. The van der Waals surface area contributed by atoms with Crippen LogP contribution in [-0.2, 0) is 15.9 Å². The fourth-order valence-corrected chi connectivity index (χ4v) is 4.95. The van der Waals surface area contributed by atoms with Crippen LogP contribution in [0.2, 0.25) is 5.02 Å². The number of amides is 1. The maximum atomic E-state index is 13.0. The van der Waals surface area contributed by atoms with Gasteiger partial charge in [-0.05, 0) is 60.7 Å². The first-order chi connectivity index (χ1) is 17.1. The van der Waals surface area contributed by atoms with E-state index < -0.39 is 0 Å². The number of aromatic amines is 1. The molecule has 35 heavy (non-hydrogen) atoms. The molecule has 0 radical (unpaired) electrons. The van der Waals surface area contributed by atoms with Crippen molar-refractivity contribution >= 4 is 40.2 Å². The summed E-state index contributed by atoms with van der Waals surface area (Å²) in [7, 11) is 1.59. The molecule has 1 aliphatic heterocycles. The Bertz CT molecular complexity index is 1120. The Kier molecular flexibility index (Phi) is 9.18. The van der Waals surface area contributed by atoms with Crippen molar-refractivity contribution in [2.75, 3.05) is 39.4 Å². The van der Waals surface area contributed by atoms with Crippen molar-refractivity contribution in [2.45, 2.75) is 38.1 Å². The molecular weight excluding hydrogens is 487 g/mol. The third kappa shape index (κ3) is 6.24. The van der Waals surface area contributed by atoms with Crippen molar-refractivity contribution in [3.8, 4) is 5.75 Å². The first kappa shape index (κ1) is 25.7. The highest BCUT2D eigenvalue weighted by molar-refractivity contribution is 6.31. The number of hydrogen-bond donors (Lipinski definition) is 1. The van der Waals surface area contributed by atoms with Crippen molar-refractivity contribution in [3.63, 3.8) is 0 Å². The van der Waals surface area contributed by atoms with Gasteiger partial charge in [0.05, 0.1) is 13.2 Å². The lowest BCUT2D eigenvalue weighted by Gasteiger charge is -2.35. The number of ether oxygens (including phenoxy) is 3. The highest BCUT2D eigenvalue weighted by Gasteiger charge is 2.35. The first-order valence-electron chi connectivity index (χ1n) is 12.1. The third-order valence-electron chi connectivity index (χ3n) is 6.33. The van der Waals surface area contributed by atoms with E-state index in [4.69, 9.17) is 37.4 Å². The number of carbonyl (C=O) groups is 1. The zero-order valence-corrected chi connectivity index (χ0v) is 21.5. The van der Waals surface area contributed by atoms with E-state index in [0.29, 0.717) is 30.7 Å². The van der Waals surface area contributed by atoms with Gasteiger partial charge in [0, 0.05) is 41.2 Å². The van der Waals surface area contributed by atoms with Gasteiger partial charge in [-0.1, -0.05) is 36.6 Å². The predicted molar refractivity (Wildman–Crippen MR) is 140 cm³/mol. The zero-order valence-electron chi connectivity index (χ0n) is 20.0. The van der Waals surface area contributed by atoms with E-state index in [1.807, 2.05) is 42.5 Å². The second-order valence-corrected chi connectivity index (χ2v) is 9.50. The fraction of sp³-hybridized carbons (Fsp3) is 0.444. The van der Waals surface area contributed by atoms with Crippen LogP contribution in [-0.4, -0.2) is 55.3 Å². The highest BCUT2D eigenvalue weighted by Crippen LogP contribution is 2.39. The van der Waals surface area contributed by atoms with Gasteiger partial charge in [0.2, 0.25) is 0 Å². The maximum Gasteiger partial charge on any atom is 0.410 e. The Balaban J connectivity index is 1.56. The van der Waals surface area contributed by atoms with Crippen LogP contribution in [0.4, 0.5) is 4.79 Å². The number of H-pyrrole nitrogens is 1. The van der Waals surface area contributed by atoms with E-state index in [9.17, 15) is 4.79 Å². The van der Waals surface area contributed by atoms with Crippen LogP contribution in [0.5, 0.6) is 5.75 Å². The molecule has 1 amide bonds. The molecule has 3 aromatic rings. The SMILES string of the molecule is COCCOC(=O)N1CCc2c([nH]c3ccc(Cl)cc23)C1c1ccc(OCCCCCCCl)cc1. The van der Waals surface area contributed by atoms with Gasteiger partial charge in [0.1, 0.15) is 18.4 Å². The number of nitrogens with one attached hydrogen (secondary N) is 1. The van der Waals surface area contributed by atoms with Crippen LogP contribution < -0.4 is 4.74 Å². The Hall–Kier alpha value is -2.41. The van der Waals surface area contributed by atoms with Crippen LogP contribution in [0.1, 0.15) is 48.5 Å². The van der Waals surface area contributed by atoms with Crippen LogP contribution in [0.25, 0.3) is 10.9 Å². The second kappa shape index (κ2) is 12.5. The molecule has 4 rings (SSSR count). The lowest BCUT2D eigenvalue weighted by molar-refractivity contribution is 0.0629. The number of benzene rings is 2. The summed E-state index contributed by atoms with van der Waals surface area (Å²) in [6, 6.07) is 13.5. The Morgan fingerprint density at radius 3 is 2.63 bits per heavy atom. The zero-order chi connectivity index (χ0) is 24.6. The van der Waals surface area contributed by atoms with E-state index in [1.54, 1.807) is 12.0 Å². The van der Waals surface area contributed by atoms with E-state index in [0.717, 1.165) is 60.0 Å². The van der Waals surface area contributed by atoms with Crippen LogP contribution in [0, 0.1) is 0 Å². The topological polar surface area (TPSA) is 63.8 Å². The van der Waals surface area contributed by atoms with Gasteiger partial charge in [-0.25, -0.2) is 4.79 Å². The van der Waals surface area contributed by atoms with Crippen molar-refractivity contribution in [1.82, 2.24) is 9.88 Å². The van der Waals surface area contributed by atoms with Gasteiger partial charge in [-0.3, -0.25) is 4.90 Å². The van der Waals surface area contributed by atoms with Gasteiger partial charge in [-0.15, -0.1) is 11.6 Å². The summed E-state index contributed by atoms with van der Waals surface area (Å²) in [5.74, 6) is 1.53. The second-order valence-electron chi connectivity index (χ2n) is 8.68. The molecule has 8 heteroatoms. The summed E-state index contributed by atoms with van der Waals surface area (Å²) in [5.41, 5.74) is 4.17. The van der Waals surface area contributed by atoms with Crippen molar-refractivity contribution in [1.29, 1.82) is 0 Å². The number of hydrogen-bond acceptors (Lipinski definition) is 4.